The van der Waals surface area contributed by atoms with Gasteiger partial charge in [0.05, 0.1) is 17.4 Å². The predicted molar refractivity (Wildman–Crippen MR) is 138 cm³/mol. The van der Waals surface area contributed by atoms with E-state index < -0.39 is 23.2 Å². The van der Waals surface area contributed by atoms with Crippen LogP contribution in [0.5, 0.6) is 0 Å². The first kappa shape index (κ1) is 25.5. The zero-order chi connectivity index (χ0) is 26.9. The van der Waals surface area contributed by atoms with E-state index in [1.165, 1.54) is 12.1 Å². The summed E-state index contributed by atoms with van der Waals surface area (Å²) < 4.78 is 35.3. The van der Waals surface area contributed by atoms with Gasteiger partial charge in [0.15, 0.2) is 11.4 Å². The number of anilines is 2. The Balaban J connectivity index is 1.56. The summed E-state index contributed by atoms with van der Waals surface area (Å²) in [5.74, 6) is -3.01. The molecule has 3 aromatic rings. The van der Waals surface area contributed by atoms with Gasteiger partial charge in [0.25, 0.3) is 5.91 Å². The normalized spacial score (nSPS) is 20.9. The molecule has 196 valence electrons. The fraction of sp³-hybridized carbons (Fsp3) is 0.464. The second-order valence-corrected chi connectivity index (χ2v) is 10.8. The maximum absolute atomic E-state index is 14.8. The lowest BCUT2D eigenvalue weighted by atomic mass is 9.91. The van der Waals surface area contributed by atoms with Crippen molar-refractivity contribution in [1.29, 1.82) is 0 Å². The van der Waals surface area contributed by atoms with E-state index >= 15 is 0 Å². The second-order valence-electron chi connectivity index (χ2n) is 10.8. The molecule has 2 aromatic carbocycles. The van der Waals surface area contributed by atoms with Gasteiger partial charge < -0.3 is 20.1 Å². The molecule has 0 bridgehead atoms. The van der Waals surface area contributed by atoms with Gasteiger partial charge in [-0.25, -0.2) is 0 Å². The molecule has 1 saturated carbocycles. The third-order valence-corrected chi connectivity index (χ3v) is 7.67. The monoisotopic (exact) mass is 510 g/mol. The number of amides is 1. The van der Waals surface area contributed by atoms with Crippen LogP contribution in [0.1, 0.15) is 69.0 Å². The van der Waals surface area contributed by atoms with Crippen LogP contribution in [0.15, 0.2) is 36.4 Å². The summed E-state index contributed by atoms with van der Waals surface area (Å²) in [6, 6.07) is 9.70. The predicted octanol–water partition coefficient (Wildman–Crippen LogP) is 5.34. The van der Waals surface area contributed by atoms with Gasteiger partial charge >= 0.3 is 5.92 Å². The lowest BCUT2D eigenvalue weighted by Crippen LogP contribution is -2.40. The second kappa shape index (κ2) is 8.43. The standard InChI is InChI=1S/C28H32F2N4O3/c1-15(17-8-7-9-18(12-17)28(29,30)26(3,4)36)31-24-21-14-23-22(13-20(21)16(2)32-33-24)27(5,37-6)25(35)34(23)19-10-11-19/h7-9,12-15,19,36H,10-11H2,1-6H3,(H,31,33)/t15-,27?/m1/s1. The fourth-order valence-electron chi connectivity index (χ4n) is 5.00. The lowest BCUT2D eigenvalue weighted by molar-refractivity contribution is -0.168. The molecule has 9 heteroatoms. The molecule has 37 heavy (non-hydrogen) atoms. The summed E-state index contributed by atoms with van der Waals surface area (Å²) in [6.07, 6.45) is 1.90. The van der Waals surface area contributed by atoms with E-state index in [9.17, 15) is 18.7 Å². The molecule has 0 radical (unpaired) electrons. The zero-order valence-electron chi connectivity index (χ0n) is 21.9. The molecule has 2 aliphatic rings. The fourth-order valence-corrected chi connectivity index (χ4v) is 5.00. The van der Waals surface area contributed by atoms with E-state index in [4.69, 9.17) is 4.74 Å². The number of rotatable bonds is 7. The van der Waals surface area contributed by atoms with Crippen LogP contribution in [-0.2, 0) is 21.1 Å². The number of carbonyl (C=O) groups excluding carboxylic acids is 1. The number of alkyl halides is 2. The van der Waals surface area contributed by atoms with Crippen molar-refractivity contribution >= 4 is 28.2 Å². The minimum atomic E-state index is -3.42. The lowest BCUT2D eigenvalue weighted by Gasteiger charge is -2.30. The highest BCUT2D eigenvalue weighted by Crippen LogP contribution is 2.49. The quantitative estimate of drug-likeness (QED) is 0.446. The summed E-state index contributed by atoms with van der Waals surface area (Å²) in [7, 11) is 1.55. The number of carbonyl (C=O) groups is 1. The molecular weight excluding hydrogens is 478 g/mol. The van der Waals surface area contributed by atoms with E-state index in [0.717, 1.165) is 48.7 Å². The molecule has 1 unspecified atom stereocenters. The third kappa shape index (κ3) is 3.95. The topological polar surface area (TPSA) is 87.6 Å². The summed E-state index contributed by atoms with van der Waals surface area (Å²) in [5.41, 5.74) is -0.618. The Morgan fingerprint density at radius 3 is 2.51 bits per heavy atom. The number of aromatic nitrogens is 2. The van der Waals surface area contributed by atoms with Crippen molar-refractivity contribution in [3.8, 4) is 0 Å². The molecule has 0 saturated heterocycles. The highest BCUT2D eigenvalue weighted by molar-refractivity contribution is 6.11. The molecule has 2 atom stereocenters. The first-order valence-corrected chi connectivity index (χ1v) is 12.5. The number of hydrogen-bond acceptors (Lipinski definition) is 6. The molecule has 2 heterocycles. The first-order valence-electron chi connectivity index (χ1n) is 12.5. The van der Waals surface area contributed by atoms with Crippen molar-refractivity contribution in [1.82, 2.24) is 10.2 Å². The van der Waals surface area contributed by atoms with Crippen molar-refractivity contribution in [2.24, 2.45) is 0 Å². The molecule has 7 nitrogen and oxygen atoms in total. The molecular formula is C28H32F2N4O3. The average Bonchev–Trinajstić information content (AvgIpc) is 3.66. The van der Waals surface area contributed by atoms with E-state index in [1.54, 1.807) is 26.2 Å². The molecule has 5 rings (SSSR count). The largest absolute Gasteiger partial charge is 0.384 e. The number of hydrogen-bond donors (Lipinski definition) is 2. The zero-order valence-corrected chi connectivity index (χ0v) is 21.9. The Morgan fingerprint density at radius 2 is 1.89 bits per heavy atom. The highest BCUT2D eigenvalue weighted by Gasteiger charge is 2.52. The summed E-state index contributed by atoms with van der Waals surface area (Å²) in [5, 5.41) is 23.7. The van der Waals surface area contributed by atoms with Gasteiger partial charge in [0, 0.05) is 35.1 Å². The molecule has 0 spiro atoms. The summed E-state index contributed by atoms with van der Waals surface area (Å²) in [6.45, 7) is 7.70. The minimum Gasteiger partial charge on any atom is -0.384 e. The number of fused-ring (bicyclic) bond motifs is 2. The van der Waals surface area contributed by atoms with Gasteiger partial charge in [-0.15, -0.1) is 5.10 Å². The van der Waals surface area contributed by atoms with Crippen LogP contribution in [0.25, 0.3) is 10.8 Å². The van der Waals surface area contributed by atoms with Crippen LogP contribution >= 0.6 is 0 Å². The van der Waals surface area contributed by atoms with Gasteiger partial charge in [0.2, 0.25) is 0 Å². The van der Waals surface area contributed by atoms with Crippen LogP contribution in [0.3, 0.4) is 0 Å². The van der Waals surface area contributed by atoms with Crippen LogP contribution < -0.4 is 10.2 Å². The Bertz CT molecular complexity index is 1400. The number of halogens is 2. The molecule has 1 aliphatic heterocycles. The van der Waals surface area contributed by atoms with Gasteiger partial charge in [-0.1, -0.05) is 18.2 Å². The van der Waals surface area contributed by atoms with Crippen LogP contribution in [-0.4, -0.2) is 40.0 Å². The van der Waals surface area contributed by atoms with E-state index in [-0.39, 0.29) is 17.5 Å². The van der Waals surface area contributed by atoms with Gasteiger partial charge in [-0.3, -0.25) is 4.79 Å². The number of aryl methyl sites for hydroxylation is 1. The van der Waals surface area contributed by atoms with Crippen molar-refractivity contribution in [3.63, 3.8) is 0 Å². The third-order valence-electron chi connectivity index (χ3n) is 7.67. The van der Waals surface area contributed by atoms with Crippen LogP contribution in [0, 0.1) is 6.92 Å². The molecule has 1 aliphatic carbocycles. The Kier molecular flexibility index (Phi) is 5.80. The van der Waals surface area contributed by atoms with E-state index in [2.05, 4.69) is 15.5 Å². The van der Waals surface area contributed by atoms with Crippen molar-refractivity contribution in [2.75, 3.05) is 17.3 Å². The first-order chi connectivity index (χ1) is 17.3. The average molecular weight is 511 g/mol. The molecule has 1 fully saturated rings. The Labute approximate surface area is 214 Å². The Morgan fingerprint density at radius 1 is 1.19 bits per heavy atom. The van der Waals surface area contributed by atoms with Crippen molar-refractivity contribution in [3.05, 3.63) is 58.8 Å². The maximum atomic E-state index is 14.8. The number of benzene rings is 2. The Hall–Kier alpha value is -3.17. The summed E-state index contributed by atoms with van der Waals surface area (Å²) in [4.78, 5) is 15.2. The van der Waals surface area contributed by atoms with Crippen LogP contribution in [0.4, 0.5) is 20.3 Å². The van der Waals surface area contributed by atoms with Gasteiger partial charge in [0.1, 0.15) is 5.60 Å². The van der Waals surface area contributed by atoms with Crippen molar-refractivity contribution in [2.45, 2.75) is 76.7 Å². The van der Waals surface area contributed by atoms with Crippen molar-refractivity contribution < 1.29 is 23.4 Å². The number of nitrogens with one attached hydrogen (secondary N) is 1. The maximum Gasteiger partial charge on any atom is 0.300 e. The smallest absolute Gasteiger partial charge is 0.300 e. The van der Waals surface area contributed by atoms with Gasteiger partial charge in [-0.2, -0.15) is 13.9 Å². The molecule has 2 N–H and O–H groups in total. The SMILES string of the molecule is COC1(C)C(=O)N(C2CC2)c2cc3c(N[C@H](C)c4cccc(C(F)(F)C(C)(C)O)c4)nnc(C)c3cc21. The number of ether oxygens (including phenoxy) is 1. The van der Waals surface area contributed by atoms with Crippen LogP contribution in [0.2, 0.25) is 0 Å². The highest BCUT2D eigenvalue weighted by atomic mass is 19.3. The van der Waals surface area contributed by atoms with Gasteiger partial charge in [-0.05, 0) is 71.2 Å². The minimum absolute atomic E-state index is 0.0752. The van der Waals surface area contributed by atoms with E-state index in [0.29, 0.717) is 17.1 Å². The summed E-state index contributed by atoms with van der Waals surface area (Å²) >= 11 is 0. The van der Waals surface area contributed by atoms with E-state index in [1.807, 2.05) is 30.9 Å². The molecule has 1 amide bonds. The molecule has 1 aromatic heterocycles. The number of nitrogens with zero attached hydrogens (tertiary/aromatic N) is 3. The number of aliphatic hydroxyl groups is 1. The number of methoxy groups -OCH3 is 1.